The first kappa shape index (κ1) is 18.0. The van der Waals surface area contributed by atoms with E-state index < -0.39 is 0 Å². The molecule has 1 aromatic carbocycles. The lowest BCUT2D eigenvalue weighted by Gasteiger charge is -2.30. The highest BCUT2D eigenvalue weighted by molar-refractivity contribution is 5.95. The fraction of sp³-hybridized carbons (Fsp3) is 0.333. The second-order valence-corrected chi connectivity index (χ2v) is 7.04. The molecule has 1 saturated heterocycles. The number of carbonyl (C=O) groups excluding carboxylic acids is 1. The number of nitriles is 1. The van der Waals surface area contributed by atoms with Crippen LogP contribution in [0.4, 0.5) is 5.82 Å². The first-order chi connectivity index (χ1) is 13.7. The van der Waals surface area contributed by atoms with Gasteiger partial charge in [-0.3, -0.25) is 4.79 Å². The molecule has 0 radical (unpaired) electrons. The number of likely N-dealkylation sites (tertiary alicyclic amines) is 1. The van der Waals surface area contributed by atoms with Crippen molar-refractivity contribution in [3.8, 4) is 6.07 Å². The van der Waals surface area contributed by atoms with E-state index in [9.17, 15) is 4.79 Å². The third kappa shape index (κ3) is 3.29. The molecule has 1 aliphatic heterocycles. The molecule has 142 valence electrons. The summed E-state index contributed by atoms with van der Waals surface area (Å²) in [5.74, 6) is 0.798. The number of rotatable bonds is 5. The summed E-state index contributed by atoms with van der Waals surface area (Å²) < 4.78 is 0. The van der Waals surface area contributed by atoms with Crippen LogP contribution in [0.5, 0.6) is 0 Å². The number of nitrogens with zero attached hydrogens (tertiary/aromatic N) is 4. The number of hydrogen-bond acceptors (Lipinski definition) is 5. The molecule has 0 saturated carbocycles. The first-order valence-electron chi connectivity index (χ1n) is 9.56. The highest BCUT2D eigenvalue weighted by Crippen LogP contribution is 2.29. The van der Waals surface area contributed by atoms with Crippen LogP contribution in [0.25, 0.3) is 11.0 Å². The van der Waals surface area contributed by atoms with Gasteiger partial charge in [-0.1, -0.05) is 6.92 Å². The third-order valence-electron chi connectivity index (χ3n) is 5.45. The zero-order valence-electron chi connectivity index (χ0n) is 15.7. The van der Waals surface area contributed by atoms with Crippen LogP contribution >= 0.6 is 0 Å². The minimum absolute atomic E-state index is 0.0233. The zero-order chi connectivity index (χ0) is 19.5. The van der Waals surface area contributed by atoms with Crippen molar-refractivity contribution in [2.75, 3.05) is 11.9 Å². The van der Waals surface area contributed by atoms with E-state index >= 15 is 0 Å². The van der Waals surface area contributed by atoms with Gasteiger partial charge in [0, 0.05) is 30.4 Å². The molecular formula is C21H22N6O. The smallest absolute Gasteiger partial charge is 0.254 e. The van der Waals surface area contributed by atoms with Gasteiger partial charge in [0.1, 0.15) is 17.8 Å². The number of hydrogen-bond donors (Lipinski definition) is 2. The van der Waals surface area contributed by atoms with Gasteiger partial charge in [-0.2, -0.15) is 5.26 Å². The van der Waals surface area contributed by atoms with Crippen LogP contribution in [0.1, 0.15) is 42.1 Å². The lowest BCUT2D eigenvalue weighted by atomic mass is 10.1. The Morgan fingerprint density at radius 1 is 1.25 bits per heavy atom. The maximum Gasteiger partial charge on any atom is 0.254 e. The minimum atomic E-state index is 0.0233. The van der Waals surface area contributed by atoms with Gasteiger partial charge in [0.05, 0.1) is 17.0 Å². The standard InChI is InChI=1S/C21H22N6O/c1-2-16-7-8-17(12-24-20-18-9-10-23-19(18)25-13-26-20)27(16)21(28)15-5-3-14(11-22)4-6-15/h3-6,9-10,13,16-17H,2,7-8,12H2,1H3,(H2,23,24,25,26)/t16-,17-/m1/s1. The molecule has 0 bridgehead atoms. The molecule has 0 unspecified atom stereocenters. The molecule has 3 aromatic rings. The number of aromatic nitrogens is 3. The maximum absolute atomic E-state index is 13.2. The molecule has 2 aromatic heterocycles. The van der Waals surface area contributed by atoms with Crippen LogP contribution in [0.2, 0.25) is 0 Å². The van der Waals surface area contributed by atoms with Gasteiger partial charge in [-0.05, 0) is 49.6 Å². The Morgan fingerprint density at radius 2 is 2.04 bits per heavy atom. The van der Waals surface area contributed by atoms with E-state index in [2.05, 4.69) is 33.3 Å². The molecule has 2 atom stereocenters. The zero-order valence-corrected chi connectivity index (χ0v) is 15.7. The number of carbonyl (C=O) groups is 1. The van der Waals surface area contributed by atoms with Crippen LogP contribution in [-0.2, 0) is 0 Å². The summed E-state index contributed by atoms with van der Waals surface area (Å²) in [5.41, 5.74) is 1.97. The minimum Gasteiger partial charge on any atom is -0.367 e. The van der Waals surface area contributed by atoms with Crippen LogP contribution in [0.15, 0.2) is 42.9 Å². The Bertz CT molecular complexity index is 1020. The van der Waals surface area contributed by atoms with Crippen molar-refractivity contribution >= 4 is 22.8 Å². The molecule has 4 rings (SSSR count). The molecule has 3 heterocycles. The molecule has 0 aliphatic carbocycles. The van der Waals surface area contributed by atoms with E-state index in [0.717, 1.165) is 36.1 Å². The molecule has 1 fully saturated rings. The summed E-state index contributed by atoms with van der Waals surface area (Å²) in [7, 11) is 0. The second kappa shape index (κ2) is 7.69. The predicted molar refractivity (Wildman–Crippen MR) is 107 cm³/mol. The molecule has 7 nitrogen and oxygen atoms in total. The highest BCUT2D eigenvalue weighted by Gasteiger charge is 2.36. The van der Waals surface area contributed by atoms with Gasteiger partial charge >= 0.3 is 0 Å². The lowest BCUT2D eigenvalue weighted by Crippen LogP contribution is -2.44. The van der Waals surface area contributed by atoms with Crippen molar-refractivity contribution < 1.29 is 4.79 Å². The van der Waals surface area contributed by atoms with E-state index in [-0.39, 0.29) is 18.0 Å². The number of benzene rings is 1. The third-order valence-corrected chi connectivity index (χ3v) is 5.45. The number of nitrogens with one attached hydrogen (secondary N) is 2. The van der Waals surface area contributed by atoms with E-state index in [1.165, 1.54) is 6.33 Å². The number of aromatic amines is 1. The Balaban J connectivity index is 1.53. The average molecular weight is 374 g/mol. The van der Waals surface area contributed by atoms with Crippen molar-refractivity contribution in [1.29, 1.82) is 5.26 Å². The van der Waals surface area contributed by atoms with Crippen LogP contribution < -0.4 is 5.32 Å². The second-order valence-electron chi connectivity index (χ2n) is 7.04. The topological polar surface area (TPSA) is 97.7 Å². The Hall–Kier alpha value is -3.40. The number of H-pyrrole nitrogens is 1. The molecule has 1 aliphatic rings. The van der Waals surface area contributed by atoms with Crippen molar-refractivity contribution in [3.63, 3.8) is 0 Å². The number of anilines is 1. The predicted octanol–water partition coefficient (Wildman–Crippen LogP) is 3.32. The van der Waals surface area contributed by atoms with Crippen molar-refractivity contribution in [2.45, 2.75) is 38.3 Å². The van der Waals surface area contributed by atoms with Crippen LogP contribution in [0.3, 0.4) is 0 Å². The van der Waals surface area contributed by atoms with Crippen molar-refractivity contribution in [3.05, 3.63) is 54.0 Å². The van der Waals surface area contributed by atoms with Crippen LogP contribution in [0, 0.1) is 11.3 Å². The Kier molecular flexibility index (Phi) is 4.94. The number of fused-ring (bicyclic) bond motifs is 1. The molecule has 28 heavy (non-hydrogen) atoms. The van der Waals surface area contributed by atoms with Gasteiger partial charge < -0.3 is 15.2 Å². The van der Waals surface area contributed by atoms with Gasteiger partial charge in [0.15, 0.2) is 0 Å². The summed E-state index contributed by atoms with van der Waals surface area (Å²) >= 11 is 0. The van der Waals surface area contributed by atoms with Crippen molar-refractivity contribution in [1.82, 2.24) is 19.9 Å². The van der Waals surface area contributed by atoms with Crippen molar-refractivity contribution in [2.24, 2.45) is 0 Å². The molecular weight excluding hydrogens is 352 g/mol. The fourth-order valence-electron chi connectivity index (χ4n) is 3.96. The van der Waals surface area contributed by atoms with Gasteiger partial charge in [0.2, 0.25) is 0 Å². The maximum atomic E-state index is 13.2. The summed E-state index contributed by atoms with van der Waals surface area (Å²) in [6, 6.07) is 11.2. The van der Waals surface area contributed by atoms with Gasteiger partial charge in [-0.25, -0.2) is 9.97 Å². The van der Waals surface area contributed by atoms with E-state index in [1.807, 2.05) is 17.2 Å². The SMILES string of the molecule is CC[C@@H]1CC[C@H](CNc2ncnc3[nH]ccc23)N1C(=O)c1ccc(C#N)cc1. The van der Waals surface area contributed by atoms with E-state index in [1.54, 1.807) is 24.3 Å². The fourth-order valence-corrected chi connectivity index (χ4v) is 3.96. The molecule has 2 N–H and O–H groups in total. The molecule has 1 amide bonds. The monoisotopic (exact) mass is 374 g/mol. The number of amides is 1. The van der Waals surface area contributed by atoms with E-state index in [4.69, 9.17) is 5.26 Å². The summed E-state index contributed by atoms with van der Waals surface area (Å²) in [6.45, 7) is 2.75. The Morgan fingerprint density at radius 3 is 2.79 bits per heavy atom. The highest BCUT2D eigenvalue weighted by atomic mass is 16.2. The molecule has 7 heteroatoms. The summed E-state index contributed by atoms with van der Waals surface area (Å²) in [6.07, 6.45) is 6.25. The van der Waals surface area contributed by atoms with Crippen LogP contribution in [-0.4, -0.2) is 44.4 Å². The van der Waals surface area contributed by atoms with Gasteiger partial charge in [-0.15, -0.1) is 0 Å². The average Bonchev–Trinajstić information content (AvgIpc) is 3.38. The quantitative estimate of drug-likeness (QED) is 0.714. The molecule has 0 spiro atoms. The van der Waals surface area contributed by atoms with E-state index in [0.29, 0.717) is 17.7 Å². The normalized spacial score (nSPS) is 18.9. The Labute approximate surface area is 163 Å². The largest absolute Gasteiger partial charge is 0.367 e. The lowest BCUT2D eigenvalue weighted by molar-refractivity contribution is 0.0671. The van der Waals surface area contributed by atoms with Gasteiger partial charge in [0.25, 0.3) is 5.91 Å². The summed E-state index contributed by atoms with van der Waals surface area (Å²) in [4.78, 5) is 26.8. The first-order valence-corrected chi connectivity index (χ1v) is 9.56. The summed E-state index contributed by atoms with van der Waals surface area (Å²) in [5, 5.41) is 13.3.